The van der Waals surface area contributed by atoms with Gasteiger partial charge in [0.15, 0.2) is 11.5 Å². The number of hydrogen-bond acceptors (Lipinski definition) is 6. The molecule has 1 saturated heterocycles. The number of nitrogens with one attached hydrogen (secondary N) is 1. The molecule has 0 aromatic heterocycles. The van der Waals surface area contributed by atoms with Gasteiger partial charge in [-0.15, -0.1) is 0 Å². The van der Waals surface area contributed by atoms with E-state index >= 15 is 0 Å². The molecule has 3 aromatic carbocycles. The summed E-state index contributed by atoms with van der Waals surface area (Å²) >= 11 is 0. The summed E-state index contributed by atoms with van der Waals surface area (Å²) < 4.78 is 11.2. The summed E-state index contributed by atoms with van der Waals surface area (Å²) in [6.45, 7) is 0.148. The summed E-state index contributed by atoms with van der Waals surface area (Å²) in [7, 11) is 1.50. The van der Waals surface area contributed by atoms with Gasteiger partial charge in [0.05, 0.1) is 17.7 Å². The van der Waals surface area contributed by atoms with Crippen LogP contribution >= 0.6 is 0 Å². The molecule has 0 saturated carbocycles. The number of hydrazine groups is 1. The molecule has 0 atom stereocenters. The van der Waals surface area contributed by atoms with E-state index in [0.29, 0.717) is 22.7 Å². The van der Waals surface area contributed by atoms with E-state index in [2.05, 4.69) is 5.43 Å². The lowest BCUT2D eigenvalue weighted by atomic mass is 10.1. The van der Waals surface area contributed by atoms with E-state index in [0.717, 1.165) is 5.56 Å². The molecule has 33 heavy (non-hydrogen) atoms. The maximum absolute atomic E-state index is 12.8. The standard InChI is InChI=1S/C24H19N3O6/c1-32-21-12-9-17(14-22(21)33-15-16-7-10-19(11-8-16)27(30)31)13-20-23(28)25-26(24(20)29)18-5-3-2-4-6-18/h2-14H,15H2,1H3,(H,25,28)/b20-13+. The Balaban J connectivity index is 1.55. The van der Waals surface area contributed by atoms with Crippen LogP contribution in [0.4, 0.5) is 11.4 Å². The maximum Gasteiger partial charge on any atom is 0.282 e. The Morgan fingerprint density at radius 3 is 2.39 bits per heavy atom. The van der Waals surface area contributed by atoms with E-state index in [1.807, 2.05) is 6.07 Å². The number of benzene rings is 3. The second-order valence-electron chi connectivity index (χ2n) is 7.10. The Hall–Kier alpha value is -4.66. The van der Waals surface area contributed by atoms with Gasteiger partial charge in [-0.05, 0) is 53.6 Å². The third-order valence-corrected chi connectivity index (χ3v) is 4.95. The van der Waals surface area contributed by atoms with Crippen molar-refractivity contribution in [3.05, 3.63) is 99.6 Å². The number of para-hydroxylation sites is 1. The van der Waals surface area contributed by atoms with Crippen molar-refractivity contribution in [3.8, 4) is 11.5 Å². The van der Waals surface area contributed by atoms with E-state index in [9.17, 15) is 19.7 Å². The van der Waals surface area contributed by atoms with Crippen LogP contribution in [0.25, 0.3) is 6.08 Å². The van der Waals surface area contributed by atoms with Crippen LogP contribution in [0.2, 0.25) is 0 Å². The van der Waals surface area contributed by atoms with Crippen molar-refractivity contribution in [2.45, 2.75) is 6.61 Å². The first kappa shape index (κ1) is 21.6. The highest BCUT2D eigenvalue weighted by Crippen LogP contribution is 2.31. The quantitative estimate of drug-likeness (QED) is 0.257. The van der Waals surface area contributed by atoms with E-state index in [-0.39, 0.29) is 17.9 Å². The van der Waals surface area contributed by atoms with Crippen LogP contribution < -0.4 is 19.9 Å². The molecule has 0 bridgehead atoms. The minimum Gasteiger partial charge on any atom is -0.493 e. The molecule has 0 spiro atoms. The first-order valence-electron chi connectivity index (χ1n) is 9.92. The summed E-state index contributed by atoms with van der Waals surface area (Å²) in [5.74, 6) is -0.105. The number of methoxy groups -OCH3 is 1. The Kier molecular flexibility index (Phi) is 6.03. The molecule has 0 aliphatic carbocycles. The number of hydrogen-bond donors (Lipinski definition) is 1. The Morgan fingerprint density at radius 2 is 1.73 bits per heavy atom. The highest BCUT2D eigenvalue weighted by atomic mass is 16.6. The molecular weight excluding hydrogens is 426 g/mol. The molecular formula is C24H19N3O6. The average molecular weight is 445 g/mol. The lowest BCUT2D eigenvalue weighted by Crippen LogP contribution is -2.35. The number of amides is 2. The van der Waals surface area contributed by atoms with Crippen molar-refractivity contribution in [2.75, 3.05) is 12.1 Å². The highest BCUT2D eigenvalue weighted by molar-refractivity contribution is 6.31. The van der Waals surface area contributed by atoms with Gasteiger partial charge < -0.3 is 9.47 Å². The van der Waals surface area contributed by atoms with Crippen LogP contribution in [0.3, 0.4) is 0 Å². The van der Waals surface area contributed by atoms with Gasteiger partial charge in [-0.1, -0.05) is 24.3 Å². The van der Waals surface area contributed by atoms with Crippen molar-refractivity contribution in [1.29, 1.82) is 0 Å². The molecule has 0 radical (unpaired) electrons. The zero-order valence-corrected chi connectivity index (χ0v) is 17.6. The molecule has 1 aliphatic heterocycles. The monoisotopic (exact) mass is 445 g/mol. The summed E-state index contributed by atoms with van der Waals surface area (Å²) in [6.07, 6.45) is 1.48. The fourth-order valence-corrected chi connectivity index (χ4v) is 3.25. The molecule has 3 aromatic rings. The molecule has 1 N–H and O–H groups in total. The third-order valence-electron chi connectivity index (χ3n) is 4.95. The minimum absolute atomic E-state index is 0.00555. The van der Waals surface area contributed by atoms with E-state index in [4.69, 9.17) is 9.47 Å². The van der Waals surface area contributed by atoms with Crippen LogP contribution in [-0.2, 0) is 16.2 Å². The summed E-state index contributed by atoms with van der Waals surface area (Å²) in [5, 5.41) is 12.0. The molecule has 1 heterocycles. The Bertz CT molecular complexity index is 1240. The van der Waals surface area contributed by atoms with Gasteiger partial charge in [0.2, 0.25) is 0 Å². The molecule has 1 aliphatic rings. The molecule has 2 amide bonds. The van der Waals surface area contributed by atoms with Crippen molar-refractivity contribution >= 4 is 29.3 Å². The number of nitro groups is 1. The van der Waals surface area contributed by atoms with Crippen LogP contribution in [-0.4, -0.2) is 23.8 Å². The van der Waals surface area contributed by atoms with Crippen molar-refractivity contribution in [1.82, 2.24) is 5.43 Å². The van der Waals surface area contributed by atoms with E-state index < -0.39 is 16.7 Å². The van der Waals surface area contributed by atoms with E-state index in [1.54, 1.807) is 54.6 Å². The smallest absolute Gasteiger partial charge is 0.282 e. The van der Waals surface area contributed by atoms with Crippen molar-refractivity contribution in [3.63, 3.8) is 0 Å². The first-order valence-corrected chi connectivity index (χ1v) is 9.92. The lowest BCUT2D eigenvalue weighted by Gasteiger charge is -2.14. The number of non-ortho nitro benzene ring substituents is 1. The second-order valence-corrected chi connectivity index (χ2v) is 7.10. The zero-order valence-electron chi connectivity index (χ0n) is 17.6. The fourth-order valence-electron chi connectivity index (χ4n) is 3.25. The normalized spacial score (nSPS) is 14.3. The first-order chi connectivity index (χ1) is 16.0. The number of carbonyl (C=O) groups excluding carboxylic acids is 2. The molecule has 9 nitrogen and oxygen atoms in total. The van der Waals surface area contributed by atoms with Crippen molar-refractivity contribution in [2.24, 2.45) is 0 Å². The van der Waals surface area contributed by atoms with Gasteiger partial charge in [0.1, 0.15) is 12.2 Å². The summed E-state index contributed by atoms with van der Waals surface area (Å²) in [5.41, 5.74) is 4.41. The van der Waals surface area contributed by atoms with Gasteiger partial charge in [0.25, 0.3) is 17.5 Å². The van der Waals surface area contributed by atoms with Crippen LogP contribution in [0.15, 0.2) is 78.4 Å². The maximum atomic E-state index is 12.8. The molecule has 1 fully saturated rings. The predicted octanol–water partition coefficient (Wildman–Crippen LogP) is 3.64. The number of anilines is 1. The highest BCUT2D eigenvalue weighted by Gasteiger charge is 2.34. The number of nitrogens with zero attached hydrogens (tertiary/aromatic N) is 2. The third kappa shape index (κ3) is 4.67. The predicted molar refractivity (Wildman–Crippen MR) is 120 cm³/mol. The Morgan fingerprint density at radius 1 is 1.00 bits per heavy atom. The number of rotatable bonds is 7. The number of ether oxygens (including phenoxy) is 2. The second kappa shape index (κ2) is 9.23. The summed E-state index contributed by atoms with van der Waals surface area (Å²) in [4.78, 5) is 35.5. The Labute approximate surface area is 189 Å². The number of nitro benzene ring substituents is 1. The zero-order chi connectivity index (χ0) is 23.4. The fraction of sp³-hybridized carbons (Fsp3) is 0.0833. The summed E-state index contributed by atoms with van der Waals surface area (Å²) in [6, 6.07) is 19.9. The van der Waals surface area contributed by atoms with Crippen LogP contribution in [0, 0.1) is 10.1 Å². The van der Waals surface area contributed by atoms with Crippen molar-refractivity contribution < 1.29 is 24.0 Å². The van der Waals surface area contributed by atoms with Gasteiger partial charge in [-0.2, -0.15) is 0 Å². The van der Waals surface area contributed by atoms with Gasteiger partial charge >= 0.3 is 0 Å². The lowest BCUT2D eigenvalue weighted by molar-refractivity contribution is -0.384. The van der Waals surface area contributed by atoms with Gasteiger partial charge in [-0.3, -0.25) is 25.1 Å². The van der Waals surface area contributed by atoms with Crippen LogP contribution in [0.5, 0.6) is 11.5 Å². The van der Waals surface area contributed by atoms with Gasteiger partial charge in [-0.25, -0.2) is 5.01 Å². The average Bonchev–Trinajstić information content (AvgIpc) is 3.12. The molecule has 0 unspecified atom stereocenters. The SMILES string of the molecule is COc1ccc(/C=C2\C(=O)NN(c3ccccc3)C2=O)cc1OCc1ccc([N+](=O)[O-])cc1. The molecule has 4 rings (SSSR count). The molecule has 166 valence electrons. The minimum atomic E-state index is -0.506. The van der Waals surface area contributed by atoms with Gasteiger partial charge in [0, 0.05) is 12.1 Å². The number of carbonyl (C=O) groups is 2. The molecule has 9 heteroatoms. The largest absolute Gasteiger partial charge is 0.493 e. The van der Waals surface area contributed by atoms with E-state index in [1.165, 1.54) is 30.3 Å². The van der Waals surface area contributed by atoms with Crippen LogP contribution in [0.1, 0.15) is 11.1 Å². The topological polar surface area (TPSA) is 111 Å².